The summed E-state index contributed by atoms with van der Waals surface area (Å²) in [6.07, 6.45) is 1.97. The fourth-order valence-corrected chi connectivity index (χ4v) is 5.37. The van der Waals surface area contributed by atoms with E-state index >= 15 is 0 Å². The third-order valence-electron chi connectivity index (χ3n) is 5.88. The molecule has 4 nitrogen and oxygen atoms in total. The normalized spacial score (nSPS) is 16.0. The third-order valence-corrected chi connectivity index (χ3v) is 7.12. The highest BCUT2D eigenvalue weighted by Gasteiger charge is 2.33. The maximum absolute atomic E-state index is 13.6. The van der Waals surface area contributed by atoms with Gasteiger partial charge in [-0.15, -0.1) is 0 Å². The second-order valence-electron chi connectivity index (χ2n) is 8.36. The van der Waals surface area contributed by atoms with E-state index in [1.807, 2.05) is 91.0 Å². The quantitative estimate of drug-likeness (QED) is 0.267. The van der Waals surface area contributed by atoms with Crippen molar-refractivity contribution in [1.29, 1.82) is 0 Å². The number of aryl methyl sites for hydroxylation is 1. The summed E-state index contributed by atoms with van der Waals surface area (Å²) in [5, 5.41) is 1.37. The van der Waals surface area contributed by atoms with Crippen molar-refractivity contribution in [2.75, 3.05) is 0 Å². The van der Waals surface area contributed by atoms with Crippen molar-refractivity contribution >= 4 is 46.2 Å². The lowest BCUT2D eigenvalue weighted by molar-refractivity contribution is -0.122. The van der Waals surface area contributed by atoms with Crippen molar-refractivity contribution < 1.29 is 4.79 Å². The van der Waals surface area contributed by atoms with Crippen molar-refractivity contribution in [2.24, 2.45) is 4.99 Å². The average Bonchev–Trinajstić information content (AvgIpc) is 3.30. The van der Waals surface area contributed by atoms with Crippen LogP contribution in [0, 0.1) is 13.8 Å². The molecule has 0 bridgehead atoms. The highest BCUT2D eigenvalue weighted by atomic mass is 35.5. The van der Waals surface area contributed by atoms with Gasteiger partial charge in [0.15, 0.2) is 5.17 Å². The predicted molar refractivity (Wildman–Crippen MR) is 146 cm³/mol. The van der Waals surface area contributed by atoms with Crippen molar-refractivity contribution in [1.82, 2.24) is 9.47 Å². The second kappa shape index (κ2) is 9.98. The lowest BCUT2D eigenvalue weighted by Gasteiger charge is -2.15. The van der Waals surface area contributed by atoms with Crippen LogP contribution in [-0.2, 0) is 11.3 Å². The molecule has 1 aromatic heterocycles. The van der Waals surface area contributed by atoms with Gasteiger partial charge in [-0.2, -0.15) is 0 Å². The summed E-state index contributed by atoms with van der Waals surface area (Å²) in [6.45, 7) is 4.59. The van der Waals surface area contributed by atoms with Crippen LogP contribution in [0.25, 0.3) is 11.8 Å². The first-order valence-corrected chi connectivity index (χ1v) is 12.5. The van der Waals surface area contributed by atoms with Gasteiger partial charge < -0.3 is 4.57 Å². The lowest BCUT2D eigenvalue weighted by atomic mass is 10.2. The zero-order valence-electron chi connectivity index (χ0n) is 19.5. The largest absolute Gasteiger partial charge is 0.318 e. The number of para-hydroxylation sites is 1. The van der Waals surface area contributed by atoms with Gasteiger partial charge in [0, 0.05) is 22.1 Å². The molecule has 2 heterocycles. The number of hydrogen-bond acceptors (Lipinski definition) is 3. The molecule has 5 rings (SSSR count). The smallest absolute Gasteiger partial charge is 0.267 e. The summed E-state index contributed by atoms with van der Waals surface area (Å²) in [7, 11) is 0. The van der Waals surface area contributed by atoms with Crippen LogP contribution in [0.15, 0.2) is 101 Å². The molecule has 174 valence electrons. The number of carbonyl (C=O) groups excluding carboxylic acids is 1. The molecule has 0 unspecified atom stereocenters. The summed E-state index contributed by atoms with van der Waals surface area (Å²) < 4.78 is 2.16. The molecule has 0 spiro atoms. The first-order chi connectivity index (χ1) is 17.0. The summed E-state index contributed by atoms with van der Waals surface area (Å²) in [4.78, 5) is 20.8. The van der Waals surface area contributed by atoms with Crippen LogP contribution in [0.4, 0.5) is 5.69 Å². The van der Waals surface area contributed by atoms with Crippen LogP contribution < -0.4 is 0 Å². The molecule has 1 aliphatic heterocycles. The van der Waals surface area contributed by atoms with Gasteiger partial charge in [-0.05, 0) is 79.2 Å². The van der Waals surface area contributed by atoms with Crippen molar-refractivity contribution in [2.45, 2.75) is 20.4 Å². The van der Waals surface area contributed by atoms with Gasteiger partial charge in [0.25, 0.3) is 5.91 Å². The van der Waals surface area contributed by atoms with E-state index < -0.39 is 0 Å². The van der Waals surface area contributed by atoms with E-state index in [2.05, 4.69) is 24.5 Å². The Morgan fingerprint density at radius 2 is 1.63 bits per heavy atom. The van der Waals surface area contributed by atoms with Crippen LogP contribution >= 0.6 is 23.4 Å². The highest BCUT2D eigenvalue weighted by molar-refractivity contribution is 8.18. The Hall–Kier alpha value is -3.54. The summed E-state index contributed by atoms with van der Waals surface area (Å²) in [6, 6.07) is 29.6. The SMILES string of the molecule is Cc1cc(/C=C2\SC(=Nc3ccccc3)N(Cc3ccccc3)C2=O)c(C)n1-c1cccc(Cl)c1. The number of aromatic nitrogens is 1. The van der Waals surface area contributed by atoms with Gasteiger partial charge in [0.1, 0.15) is 0 Å². The van der Waals surface area contributed by atoms with Gasteiger partial charge in [0.05, 0.1) is 17.1 Å². The number of halogens is 1. The molecule has 1 aliphatic rings. The molecule has 35 heavy (non-hydrogen) atoms. The van der Waals surface area contributed by atoms with E-state index in [-0.39, 0.29) is 5.91 Å². The molecule has 4 aromatic rings. The van der Waals surface area contributed by atoms with Crippen LogP contribution in [0.2, 0.25) is 5.02 Å². The zero-order chi connectivity index (χ0) is 24.4. The number of nitrogens with zero attached hydrogens (tertiary/aromatic N) is 3. The first kappa shape index (κ1) is 23.2. The fourth-order valence-electron chi connectivity index (χ4n) is 4.20. The zero-order valence-corrected chi connectivity index (χ0v) is 21.1. The standard InChI is InChI=1S/C29H24ClN3OS/c1-20-16-23(21(2)33(20)26-15-9-12-24(30)18-26)17-27-28(34)32(19-22-10-5-3-6-11-22)29(35-27)31-25-13-7-4-8-14-25/h3-18H,19H2,1-2H3/b27-17-,31-29?. The molecule has 0 atom stereocenters. The molecule has 6 heteroatoms. The van der Waals surface area contributed by atoms with Gasteiger partial charge in [-0.25, -0.2) is 4.99 Å². The Balaban J connectivity index is 1.53. The van der Waals surface area contributed by atoms with E-state index in [9.17, 15) is 4.79 Å². The van der Waals surface area contributed by atoms with Crippen LogP contribution in [0.3, 0.4) is 0 Å². The predicted octanol–water partition coefficient (Wildman–Crippen LogP) is 7.55. The van der Waals surface area contributed by atoms with E-state index in [4.69, 9.17) is 16.6 Å². The molecule has 0 saturated carbocycles. The summed E-state index contributed by atoms with van der Waals surface area (Å²) >= 11 is 7.65. The average molecular weight is 498 g/mol. The molecule has 3 aromatic carbocycles. The molecule has 1 saturated heterocycles. The topological polar surface area (TPSA) is 37.6 Å². The van der Waals surface area contributed by atoms with Crippen LogP contribution in [0.5, 0.6) is 0 Å². The highest BCUT2D eigenvalue weighted by Crippen LogP contribution is 2.36. The first-order valence-electron chi connectivity index (χ1n) is 11.3. The van der Waals surface area contributed by atoms with Crippen molar-refractivity contribution in [3.63, 3.8) is 0 Å². The molecule has 0 N–H and O–H groups in total. The van der Waals surface area contributed by atoms with Crippen molar-refractivity contribution in [3.05, 3.63) is 123 Å². The van der Waals surface area contributed by atoms with Crippen LogP contribution in [-0.4, -0.2) is 20.5 Å². The minimum atomic E-state index is -0.0407. The van der Waals surface area contributed by atoms with Gasteiger partial charge in [-0.1, -0.05) is 66.2 Å². The van der Waals surface area contributed by atoms with Gasteiger partial charge in [0.2, 0.25) is 0 Å². The van der Waals surface area contributed by atoms with E-state index in [0.717, 1.165) is 33.9 Å². The molecule has 0 aliphatic carbocycles. The Kier molecular flexibility index (Phi) is 6.62. The molecule has 1 fully saturated rings. The maximum Gasteiger partial charge on any atom is 0.267 e. The Morgan fingerprint density at radius 3 is 2.34 bits per heavy atom. The minimum Gasteiger partial charge on any atom is -0.318 e. The summed E-state index contributed by atoms with van der Waals surface area (Å²) in [5.41, 5.74) is 6.00. The Bertz CT molecular complexity index is 1440. The minimum absolute atomic E-state index is 0.0407. The van der Waals surface area contributed by atoms with Crippen LogP contribution in [0.1, 0.15) is 22.5 Å². The Morgan fingerprint density at radius 1 is 0.914 bits per heavy atom. The molecular formula is C29H24ClN3OS. The van der Waals surface area contributed by atoms with E-state index in [1.165, 1.54) is 11.8 Å². The monoisotopic (exact) mass is 497 g/mol. The molecule has 1 amide bonds. The number of amides is 1. The maximum atomic E-state index is 13.6. The number of carbonyl (C=O) groups is 1. The van der Waals surface area contributed by atoms with E-state index in [0.29, 0.717) is 21.6 Å². The fraction of sp³-hybridized carbons (Fsp3) is 0.103. The number of thioether (sulfide) groups is 1. The second-order valence-corrected chi connectivity index (χ2v) is 9.80. The van der Waals surface area contributed by atoms with E-state index in [1.54, 1.807) is 4.90 Å². The van der Waals surface area contributed by atoms with Gasteiger partial charge in [-0.3, -0.25) is 9.69 Å². The molecule has 0 radical (unpaired) electrons. The Labute approximate surface area is 214 Å². The number of benzene rings is 3. The molecular weight excluding hydrogens is 474 g/mol. The number of amidine groups is 1. The number of hydrogen-bond donors (Lipinski definition) is 0. The van der Waals surface area contributed by atoms with Gasteiger partial charge >= 0.3 is 0 Å². The summed E-state index contributed by atoms with van der Waals surface area (Å²) in [5.74, 6) is -0.0407. The third kappa shape index (κ3) is 4.97. The number of aliphatic imine (C=N–C) groups is 1. The van der Waals surface area contributed by atoms with Crippen molar-refractivity contribution in [3.8, 4) is 5.69 Å². The lowest BCUT2D eigenvalue weighted by Crippen LogP contribution is -2.28. The number of rotatable bonds is 5.